The molecule has 0 saturated heterocycles. The van der Waals surface area contributed by atoms with Crippen molar-refractivity contribution in [1.29, 1.82) is 0 Å². The van der Waals surface area contributed by atoms with Crippen LogP contribution in [0.1, 0.15) is 23.4 Å². The van der Waals surface area contributed by atoms with Gasteiger partial charge in [0.15, 0.2) is 5.76 Å². The number of aliphatic hydroxyl groups excluding tert-OH is 1. The Morgan fingerprint density at radius 2 is 2.11 bits per heavy atom. The number of aliphatic hydroxyl groups is 1. The van der Waals surface area contributed by atoms with Gasteiger partial charge in [-0.05, 0) is 30.4 Å². The zero-order valence-electron chi connectivity index (χ0n) is 14.6. The number of carbonyl (C=O) groups is 1. The van der Waals surface area contributed by atoms with Crippen molar-refractivity contribution in [1.82, 2.24) is 15.1 Å². The highest BCUT2D eigenvalue weighted by atomic mass is 35.5. The van der Waals surface area contributed by atoms with Gasteiger partial charge in [0.2, 0.25) is 0 Å². The summed E-state index contributed by atoms with van der Waals surface area (Å²) in [6.45, 7) is 0.659. The molecule has 0 radical (unpaired) electrons. The highest BCUT2D eigenvalue weighted by Crippen LogP contribution is 2.29. The molecule has 1 unspecified atom stereocenters. The molecule has 1 fully saturated rings. The molecule has 1 aliphatic rings. The summed E-state index contributed by atoms with van der Waals surface area (Å²) in [5, 5.41) is 18.1. The van der Waals surface area contributed by atoms with Crippen LogP contribution in [0.4, 0.5) is 0 Å². The summed E-state index contributed by atoms with van der Waals surface area (Å²) in [6.07, 6.45) is 5.54. The quantitative estimate of drug-likeness (QED) is 0.705. The molecular formula is C20H20ClN3O3. The van der Waals surface area contributed by atoms with E-state index >= 15 is 0 Å². The highest BCUT2D eigenvalue weighted by Gasteiger charge is 2.35. The van der Waals surface area contributed by atoms with Gasteiger partial charge >= 0.3 is 0 Å². The first-order valence-corrected chi connectivity index (χ1v) is 9.28. The topological polar surface area (TPSA) is 80.3 Å². The maximum absolute atomic E-state index is 12.7. The van der Waals surface area contributed by atoms with Crippen LogP contribution < -0.4 is 5.32 Å². The fourth-order valence-electron chi connectivity index (χ4n) is 3.69. The summed E-state index contributed by atoms with van der Waals surface area (Å²) in [6, 6.07) is 11.1. The van der Waals surface area contributed by atoms with Gasteiger partial charge in [-0.1, -0.05) is 41.9 Å². The van der Waals surface area contributed by atoms with Crippen molar-refractivity contribution in [3.63, 3.8) is 0 Å². The summed E-state index contributed by atoms with van der Waals surface area (Å²) < 4.78 is 7.20. The molecule has 1 aromatic carbocycles. The lowest BCUT2D eigenvalue weighted by atomic mass is 10.1. The van der Waals surface area contributed by atoms with Crippen LogP contribution in [-0.2, 0) is 6.54 Å². The number of hydrogen-bond donors (Lipinski definition) is 2. The molecule has 0 spiro atoms. The van der Waals surface area contributed by atoms with Crippen LogP contribution in [0.15, 0.2) is 59.5 Å². The van der Waals surface area contributed by atoms with Crippen molar-refractivity contribution in [2.45, 2.75) is 31.5 Å². The number of benzene rings is 1. The Kier molecular flexibility index (Phi) is 5.01. The summed E-state index contributed by atoms with van der Waals surface area (Å²) >= 11 is 5.89. The first-order valence-electron chi connectivity index (χ1n) is 8.90. The fraction of sp³-hybridized carbons (Fsp3) is 0.300. The molecule has 1 saturated carbocycles. The largest absolute Gasteiger partial charge is 0.459 e. The average molecular weight is 386 g/mol. The number of amides is 1. The standard InChI is InChI=1S/C20H20ClN3O3/c21-15-10-22-24(12-15)11-13-8-17(18(25)9-13)23-20(26)19-16(6-7-27-19)14-4-2-1-3-5-14/h1-7,10,12-13,17-18,25H,8-9,11H2,(H,23,26)/t13?,17-,18-/m1/s1. The van der Waals surface area contributed by atoms with E-state index in [0.29, 0.717) is 24.4 Å². The zero-order valence-corrected chi connectivity index (χ0v) is 15.3. The van der Waals surface area contributed by atoms with Gasteiger partial charge in [0.25, 0.3) is 5.91 Å². The molecule has 3 atom stereocenters. The van der Waals surface area contributed by atoms with Gasteiger partial charge in [0.05, 0.1) is 29.6 Å². The summed E-state index contributed by atoms with van der Waals surface area (Å²) in [7, 11) is 0. The van der Waals surface area contributed by atoms with E-state index in [1.54, 1.807) is 23.1 Å². The molecule has 2 aromatic heterocycles. The molecule has 2 N–H and O–H groups in total. The van der Waals surface area contributed by atoms with E-state index in [-0.39, 0.29) is 23.6 Å². The third-order valence-electron chi connectivity index (χ3n) is 4.95. The number of carbonyl (C=O) groups excluding carboxylic acids is 1. The highest BCUT2D eigenvalue weighted by molar-refractivity contribution is 6.30. The maximum Gasteiger partial charge on any atom is 0.287 e. The molecule has 3 aromatic rings. The number of furan rings is 1. The van der Waals surface area contributed by atoms with Crippen LogP contribution in [0.3, 0.4) is 0 Å². The van der Waals surface area contributed by atoms with Gasteiger partial charge in [-0.2, -0.15) is 5.10 Å². The first-order chi connectivity index (χ1) is 13.1. The average Bonchev–Trinajstić information content (AvgIpc) is 3.37. The molecule has 7 heteroatoms. The lowest BCUT2D eigenvalue weighted by Crippen LogP contribution is -2.39. The minimum atomic E-state index is -0.597. The molecule has 4 rings (SSSR count). The van der Waals surface area contributed by atoms with Gasteiger partial charge in [0, 0.05) is 18.3 Å². The SMILES string of the molecule is O=C(N[C@@H]1CC(Cn2cc(Cl)cn2)C[C@H]1O)c1occc1-c1ccccc1. The molecule has 0 aliphatic heterocycles. The van der Waals surface area contributed by atoms with Gasteiger partial charge in [0.1, 0.15) is 0 Å². The van der Waals surface area contributed by atoms with Crippen LogP contribution in [-0.4, -0.2) is 32.9 Å². The lowest BCUT2D eigenvalue weighted by molar-refractivity contribution is 0.0847. The van der Waals surface area contributed by atoms with Crippen molar-refractivity contribution >= 4 is 17.5 Å². The summed E-state index contributed by atoms with van der Waals surface area (Å²) in [5.41, 5.74) is 1.65. The maximum atomic E-state index is 12.7. The Bertz CT molecular complexity index is 921. The molecule has 2 heterocycles. The van der Waals surface area contributed by atoms with Crippen molar-refractivity contribution < 1.29 is 14.3 Å². The molecule has 0 bridgehead atoms. The van der Waals surface area contributed by atoms with Gasteiger partial charge in [-0.15, -0.1) is 0 Å². The second-order valence-electron chi connectivity index (χ2n) is 6.89. The van der Waals surface area contributed by atoms with E-state index in [9.17, 15) is 9.90 Å². The normalized spacial score (nSPS) is 22.1. The van der Waals surface area contributed by atoms with E-state index in [0.717, 1.165) is 11.1 Å². The minimum Gasteiger partial charge on any atom is -0.459 e. The number of nitrogens with one attached hydrogen (secondary N) is 1. The van der Waals surface area contributed by atoms with Gasteiger partial charge in [-0.3, -0.25) is 9.48 Å². The van der Waals surface area contributed by atoms with Crippen LogP contribution in [0.5, 0.6) is 0 Å². The number of aromatic nitrogens is 2. The minimum absolute atomic E-state index is 0.214. The first kappa shape index (κ1) is 17.8. The molecule has 1 aliphatic carbocycles. The summed E-state index contributed by atoms with van der Waals surface area (Å²) in [4.78, 5) is 12.7. The molecule has 1 amide bonds. The van der Waals surface area contributed by atoms with Crippen LogP contribution in [0.25, 0.3) is 11.1 Å². The molecule has 140 valence electrons. The number of hydrogen-bond acceptors (Lipinski definition) is 4. The monoisotopic (exact) mass is 385 g/mol. The Hall–Kier alpha value is -2.57. The molecule has 27 heavy (non-hydrogen) atoms. The van der Waals surface area contributed by atoms with E-state index in [1.165, 1.54) is 6.26 Å². The second-order valence-corrected chi connectivity index (χ2v) is 7.33. The number of halogens is 1. The van der Waals surface area contributed by atoms with Crippen LogP contribution >= 0.6 is 11.6 Å². The van der Waals surface area contributed by atoms with Gasteiger partial charge < -0.3 is 14.8 Å². The van der Waals surface area contributed by atoms with Crippen molar-refractivity contribution in [3.05, 3.63) is 65.8 Å². The third-order valence-corrected chi connectivity index (χ3v) is 5.14. The Labute approximate surface area is 161 Å². The number of rotatable bonds is 5. The van der Waals surface area contributed by atoms with Crippen LogP contribution in [0.2, 0.25) is 5.02 Å². The lowest BCUT2D eigenvalue weighted by Gasteiger charge is -2.16. The Balaban J connectivity index is 1.42. The van der Waals surface area contributed by atoms with Crippen molar-refractivity contribution in [3.8, 4) is 11.1 Å². The Morgan fingerprint density at radius 1 is 1.30 bits per heavy atom. The van der Waals surface area contributed by atoms with E-state index < -0.39 is 6.10 Å². The predicted molar refractivity (Wildman–Crippen MR) is 101 cm³/mol. The zero-order chi connectivity index (χ0) is 18.8. The molecular weight excluding hydrogens is 366 g/mol. The smallest absolute Gasteiger partial charge is 0.287 e. The van der Waals surface area contributed by atoms with Crippen molar-refractivity contribution in [2.75, 3.05) is 0 Å². The predicted octanol–water partition coefficient (Wildman–Crippen LogP) is 3.37. The number of nitrogens with zero attached hydrogens (tertiary/aromatic N) is 2. The van der Waals surface area contributed by atoms with Gasteiger partial charge in [-0.25, -0.2) is 0 Å². The van der Waals surface area contributed by atoms with E-state index in [1.807, 2.05) is 30.3 Å². The molecule has 6 nitrogen and oxygen atoms in total. The Morgan fingerprint density at radius 3 is 2.85 bits per heavy atom. The van der Waals surface area contributed by atoms with E-state index in [2.05, 4.69) is 10.4 Å². The third kappa shape index (κ3) is 3.91. The van der Waals surface area contributed by atoms with Crippen molar-refractivity contribution in [2.24, 2.45) is 5.92 Å². The second kappa shape index (κ2) is 7.58. The van der Waals surface area contributed by atoms with E-state index in [4.69, 9.17) is 16.0 Å². The summed E-state index contributed by atoms with van der Waals surface area (Å²) in [5.74, 6) is 0.160. The van der Waals surface area contributed by atoms with Crippen LogP contribution in [0, 0.1) is 5.92 Å². The fourth-order valence-corrected chi connectivity index (χ4v) is 3.85.